The summed E-state index contributed by atoms with van der Waals surface area (Å²) in [5.74, 6) is 0.418. The first-order valence-electron chi connectivity index (χ1n) is 6.47. The maximum Gasteiger partial charge on any atom is 0.416 e. The van der Waals surface area contributed by atoms with Gasteiger partial charge in [0, 0.05) is 12.2 Å². The number of nitrogens with zero attached hydrogens (tertiary/aromatic N) is 4. The van der Waals surface area contributed by atoms with Crippen molar-refractivity contribution in [3.63, 3.8) is 0 Å². The van der Waals surface area contributed by atoms with Gasteiger partial charge < -0.3 is 9.64 Å². The summed E-state index contributed by atoms with van der Waals surface area (Å²) < 4.78 is 43.2. The molecule has 0 radical (unpaired) electrons. The fraction of sp³-hybridized carbons (Fsp3) is 0.462. The summed E-state index contributed by atoms with van der Waals surface area (Å²) in [7, 11) is 0. The van der Waals surface area contributed by atoms with Crippen molar-refractivity contribution in [1.29, 1.82) is 0 Å². The Morgan fingerprint density at radius 3 is 2.86 bits per heavy atom. The van der Waals surface area contributed by atoms with Crippen LogP contribution in [0.1, 0.15) is 5.69 Å². The molecule has 8 heteroatoms. The maximum atomic E-state index is 12.8. The Bertz CT molecular complexity index is 661. The molecule has 0 aromatic carbocycles. The molecule has 1 fully saturated rings. The first-order chi connectivity index (χ1) is 9.95. The normalized spacial score (nSPS) is 20.0. The molecule has 3 rings (SSSR count). The highest BCUT2D eigenvalue weighted by Crippen LogP contribution is 2.29. The molecule has 0 amide bonds. The predicted molar refractivity (Wildman–Crippen MR) is 70.1 cm³/mol. The van der Waals surface area contributed by atoms with Gasteiger partial charge in [0.05, 0.1) is 18.7 Å². The molecule has 1 aliphatic rings. The Morgan fingerprint density at radius 1 is 1.29 bits per heavy atom. The van der Waals surface area contributed by atoms with Crippen LogP contribution in [0.15, 0.2) is 18.5 Å². The summed E-state index contributed by atoms with van der Waals surface area (Å²) in [6, 6.07) is 3.58. The second-order valence-electron chi connectivity index (χ2n) is 4.86. The van der Waals surface area contributed by atoms with E-state index < -0.39 is 12.3 Å². The second kappa shape index (κ2) is 5.10. The first-order valence-corrected chi connectivity index (χ1v) is 6.47. The predicted octanol–water partition coefficient (Wildman–Crippen LogP) is 2.10. The molecule has 1 aliphatic heterocycles. The van der Waals surface area contributed by atoms with E-state index in [2.05, 4.69) is 15.0 Å². The fourth-order valence-electron chi connectivity index (χ4n) is 2.30. The molecule has 112 valence electrons. The molecule has 0 spiro atoms. The third kappa shape index (κ3) is 2.76. The van der Waals surface area contributed by atoms with Crippen LogP contribution in [-0.2, 0) is 4.74 Å². The van der Waals surface area contributed by atoms with E-state index in [1.54, 1.807) is 17.0 Å². The van der Waals surface area contributed by atoms with Gasteiger partial charge in [-0.15, -0.1) is 0 Å². The monoisotopic (exact) mass is 298 g/mol. The molecular formula is C13H13F3N4O. The van der Waals surface area contributed by atoms with Crippen molar-refractivity contribution in [1.82, 2.24) is 15.0 Å². The summed E-state index contributed by atoms with van der Waals surface area (Å²) in [4.78, 5) is 14.1. The SMILES string of the molecule is Cc1ccc2ncnc(N3CCOC(C(F)(F)F)C3)c2n1. The lowest BCUT2D eigenvalue weighted by molar-refractivity contribution is -0.221. The Hall–Kier alpha value is -1.96. The molecular weight excluding hydrogens is 285 g/mol. The Kier molecular flexibility index (Phi) is 3.40. The molecule has 1 unspecified atom stereocenters. The van der Waals surface area contributed by atoms with Crippen molar-refractivity contribution >= 4 is 16.9 Å². The van der Waals surface area contributed by atoms with Gasteiger partial charge in [0.2, 0.25) is 0 Å². The number of aryl methyl sites for hydroxylation is 1. The number of fused-ring (bicyclic) bond motifs is 1. The smallest absolute Gasteiger partial charge is 0.365 e. The van der Waals surface area contributed by atoms with E-state index in [0.29, 0.717) is 23.4 Å². The second-order valence-corrected chi connectivity index (χ2v) is 4.86. The standard InChI is InChI=1S/C13H13F3N4O/c1-8-2-3-9-11(19-8)12(18-7-17-9)20-4-5-21-10(6-20)13(14,15)16/h2-3,7,10H,4-6H2,1H3. The van der Waals surface area contributed by atoms with Crippen LogP contribution in [0.3, 0.4) is 0 Å². The summed E-state index contributed by atoms with van der Waals surface area (Å²) in [6.45, 7) is 1.87. The molecule has 1 atom stereocenters. The van der Waals surface area contributed by atoms with Crippen molar-refractivity contribution in [2.45, 2.75) is 19.2 Å². The van der Waals surface area contributed by atoms with E-state index in [1.807, 2.05) is 6.92 Å². The summed E-state index contributed by atoms with van der Waals surface area (Å²) in [5, 5.41) is 0. The van der Waals surface area contributed by atoms with Gasteiger partial charge in [0.1, 0.15) is 11.8 Å². The third-order valence-corrected chi connectivity index (χ3v) is 3.33. The number of ether oxygens (including phenoxy) is 1. The lowest BCUT2D eigenvalue weighted by atomic mass is 10.2. The molecule has 3 heterocycles. The molecule has 0 aliphatic carbocycles. The van der Waals surface area contributed by atoms with Crippen molar-refractivity contribution in [3.05, 3.63) is 24.2 Å². The van der Waals surface area contributed by atoms with Crippen LogP contribution in [-0.4, -0.2) is 46.9 Å². The number of alkyl halides is 3. The van der Waals surface area contributed by atoms with E-state index >= 15 is 0 Å². The van der Waals surface area contributed by atoms with E-state index in [9.17, 15) is 13.2 Å². The van der Waals surface area contributed by atoms with E-state index in [-0.39, 0.29) is 13.2 Å². The van der Waals surface area contributed by atoms with E-state index in [0.717, 1.165) is 5.69 Å². The average Bonchev–Trinajstić information content (AvgIpc) is 2.46. The average molecular weight is 298 g/mol. The lowest BCUT2D eigenvalue weighted by Gasteiger charge is -2.34. The van der Waals surface area contributed by atoms with E-state index in [4.69, 9.17) is 4.74 Å². The van der Waals surface area contributed by atoms with Crippen molar-refractivity contribution in [2.24, 2.45) is 0 Å². The van der Waals surface area contributed by atoms with Crippen LogP contribution < -0.4 is 4.90 Å². The third-order valence-electron chi connectivity index (χ3n) is 3.33. The number of anilines is 1. The van der Waals surface area contributed by atoms with Gasteiger partial charge in [-0.25, -0.2) is 15.0 Å². The molecule has 1 saturated heterocycles. The first kappa shape index (κ1) is 14.0. The van der Waals surface area contributed by atoms with Crippen LogP contribution in [0.5, 0.6) is 0 Å². The zero-order valence-electron chi connectivity index (χ0n) is 11.3. The number of aromatic nitrogens is 3. The van der Waals surface area contributed by atoms with Gasteiger partial charge in [-0.05, 0) is 19.1 Å². The quantitative estimate of drug-likeness (QED) is 0.807. The zero-order valence-corrected chi connectivity index (χ0v) is 11.3. The Morgan fingerprint density at radius 2 is 2.10 bits per heavy atom. The minimum Gasteiger partial charge on any atom is -0.365 e. The van der Waals surface area contributed by atoms with Crippen LogP contribution in [0.2, 0.25) is 0 Å². The van der Waals surface area contributed by atoms with Crippen LogP contribution in [0.4, 0.5) is 19.0 Å². The Labute approximate surface area is 118 Å². The van der Waals surface area contributed by atoms with Gasteiger partial charge >= 0.3 is 6.18 Å². The molecule has 21 heavy (non-hydrogen) atoms. The minimum absolute atomic E-state index is 0.00148. The molecule has 5 nitrogen and oxygen atoms in total. The van der Waals surface area contributed by atoms with Gasteiger partial charge in [-0.2, -0.15) is 13.2 Å². The van der Waals surface area contributed by atoms with Gasteiger partial charge in [0.15, 0.2) is 11.9 Å². The number of pyridine rings is 1. The minimum atomic E-state index is -4.38. The van der Waals surface area contributed by atoms with Gasteiger partial charge in [-0.1, -0.05) is 0 Å². The van der Waals surface area contributed by atoms with Crippen molar-refractivity contribution in [3.8, 4) is 0 Å². The zero-order chi connectivity index (χ0) is 15.0. The van der Waals surface area contributed by atoms with Crippen LogP contribution >= 0.6 is 0 Å². The van der Waals surface area contributed by atoms with Crippen molar-refractivity contribution in [2.75, 3.05) is 24.6 Å². The van der Waals surface area contributed by atoms with Gasteiger partial charge in [-0.3, -0.25) is 0 Å². The number of morpholine rings is 1. The summed E-state index contributed by atoms with van der Waals surface area (Å²) >= 11 is 0. The number of rotatable bonds is 1. The molecule has 0 bridgehead atoms. The highest BCUT2D eigenvalue weighted by molar-refractivity contribution is 5.85. The Balaban J connectivity index is 1.98. The number of hydrogen-bond donors (Lipinski definition) is 0. The lowest BCUT2D eigenvalue weighted by Crippen LogP contribution is -2.49. The summed E-state index contributed by atoms with van der Waals surface area (Å²) in [6.07, 6.45) is -4.85. The van der Waals surface area contributed by atoms with E-state index in [1.165, 1.54) is 6.33 Å². The molecule has 2 aromatic heterocycles. The van der Waals surface area contributed by atoms with Gasteiger partial charge in [0.25, 0.3) is 0 Å². The molecule has 2 aromatic rings. The maximum absolute atomic E-state index is 12.8. The highest BCUT2D eigenvalue weighted by atomic mass is 19.4. The summed E-state index contributed by atoms with van der Waals surface area (Å²) in [5.41, 5.74) is 1.89. The highest BCUT2D eigenvalue weighted by Gasteiger charge is 2.43. The van der Waals surface area contributed by atoms with Crippen LogP contribution in [0.25, 0.3) is 11.0 Å². The van der Waals surface area contributed by atoms with Crippen molar-refractivity contribution < 1.29 is 17.9 Å². The number of halogens is 3. The fourth-order valence-corrected chi connectivity index (χ4v) is 2.30. The topological polar surface area (TPSA) is 51.1 Å². The molecule has 0 saturated carbocycles. The van der Waals surface area contributed by atoms with Crippen LogP contribution in [0, 0.1) is 6.92 Å². The molecule has 0 N–H and O–H groups in total. The number of hydrogen-bond acceptors (Lipinski definition) is 5. The largest absolute Gasteiger partial charge is 0.416 e.